The molecular weight excluding hydrogens is 256 g/mol. The largest absolute Gasteiger partial charge is 0.439 e. The third-order valence-corrected chi connectivity index (χ3v) is 2.20. The Kier molecular flexibility index (Phi) is 3.56. The molecule has 2 aromatic rings. The van der Waals surface area contributed by atoms with Crippen LogP contribution < -0.4 is 10.5 Å². The van der Waals surface area contributed by atoms with E-state index in [9.17, 15) is 8.78 Å². The zero-order valence-electron chi connectivity index (χ0n) is 9.55. The summed E-state index contributed by atoms with van der Waals surface area (Å²) in [6.45, 7) is 0. The fourth-order valence-corrected chi connectivity index (χ4v) is 1.39. The number of hydrogen-bond acceptors (Lipinski definition) is 4. The van der Waals surface area contributed by atoms with Gasteiger partial charge in [-0.05, 0) is 6.07 Å². The Morgan fingerprint density at radius 2 is 1.89 bits per heavy atom. The van der Waals surface area contributed by atoms with Gasteiger partial charge in [0.05, 0.1) is 0 Å². The van der Waals surface area contributed by atoms with Crippen molar-refractivity contribution >= 4 is 5.84 Å². The Labute approximate surface area is 107 Å². The summed E-state index contributed by atoms with van der Waals surface area (Å²) in [6.07, 6.45) is 1.36. The van der Waals surface area contributed by atoms with Crippen molar-refractivity contribution in [3.05, 3.63) is 53.7 Å². The summed E-state index contributed by atoms with van der Waals surface area (Å²) in [5, 5.41) is 11.4. The first-order valence-electron chi connectivity index (χ1n) is 5.16. The van der Waals surface area contributed by atoms with Crippen LogP contribution in [0.3, 0.4) is 0 Å². The van der Waals surface area contributed by atoms with Crippen molar-refractivity contribution in [1.29, 1.82) is 0 Å². The van der Waals surface area contributed by atoms with Crippen LogP contribution >= 0.6 is 0 Å². The van der Waals surface area contributed by atoms with E-state index in [0.717, 1.165) is 18.2 Å². The maximum absolute atomic E-state index is 13.0. The summed E-state index contributed by atoms with van der Waals surface area (Å²) in [7, 11) is 0. The number of nitrogens with two attached hydrogens (primary N) is 1. The number of aromatic nitrogens is 1. The van der Waals surface area contributed by atoms with Gasteiger partial charge in [0.2, 0.25) is 5.88 Å². The van der Waals surface area contributed by atoms with Gasteiger partial charge in [0.1, 0.15) is 17.4 Å². The predicted octanol–water partition coefficient (Wildman–Crippen LogP) is 2.25. The highest BCUT2D eigenvalue weighted by atomic mass is 19.1. The van der Waals surface area contributed by atoms with Crippen LogP contribution in [-0.4, -0.2) is 16.0 Å². The minimum Gasteiger partial charge on any atom is -0.439 e. The van der Waals surface area contributed by atoms with E-state index >= 15 is 0 Å². The van der Waals surface area contributed by atoms with Gasteiger partial charge < -0.3 is 15.7 Å². The van der Waals surface area contributed by atoms with E-state index in [1.54, 1.807) is 0 Å². The molecule has 1 aromatic carbocycles. The molecule has 0 saturated heterocycles. The molecule has 0 atom stereocenters. The third kappa shape index (κ3) is 3.15. The molecule has 2 rings (SSSR count). The molecule has 0 aliphatic rings. The highest BCUT2D eigenvalue weighted by Gasteiger charge is 2.06. The maximum atomic E-state index is 13.0. The molecule has 7 heteroatoms. The van der Waals surface area contributed by atoms with Gasteiger partial charge in [-0.25, -0.2) is 13.8 Å². The van der Waals surface area contributed by atoms with Crippen LogP contribution in [-0.2, 0) is 0 Å². The number of nitrogens with zero attached hydrogens (tertiary/aromatic N) is 2. The smallest absolute Gasteiger partial charge is 0.219 e. The lowest BCUT2D eigenvalue weighted by molar-refractivity contribution is 0.318. The van der Waals surface area contributed by atoms with Crippen molar-refractivity contribution in [2.45, 2.75) is 0 Å². The molecule has 19 heavy (non-hydrogen) atoms. The number of rotatable bonds is 3. The summed E-state index contributed by atoms with van der Waals surface area (Å²) in [6, 6.07) is 5.63. The number of halogens is 2. The van der Waals surface area contributed by atoms with Gasteiger partial charge in [-0.1, -0.05) is 5.16 Å². The number of benzene rings is 1. The Balaban J connectivity index is 2.28. The standard InChI is InChI=1S/C12H9F2N3O2/c13-8-4-9(14)6-10(5-8)19-11-3-7(1-2-16-11)12(15)17-18/h1-6,18H,(H2,15,17). The van der Waals surface area contributed by atoms with Crippen molar-refractivity contribution in [2.75, 3.05) is 0 Å². The van der Waals surface area contributed by atoms with Gasteiger partial charge >= 0.3 is 0 Å². The molecule has 98 valence electrons. The quantitative estimate of drug-likeness (QED) is 0.386. The first kappa shape index (κ1) is 12.7. The Hall–Kier alpha value is -2.70. The average Bonchev–Trinajstić information content (AvgIpc) is 2.37. The zero-order chi connectivity index (χ0) is 13.8. The number of hydrogen-bond donors (Lipinski definition) is 2. The topological polar surface area (TPSA) is 80.7 Å². The SMILES string of the molecule is NC(=NO)c1ccnc(Oc2cc(F)cc(F)c2)c1. The molecule has 0 spiro atoms. The lowest BCUT2D eigenvalue weighted by Gasteiger charge is -2.06. The van der Waals surface area contributed by atoms with Crippen molar-refractivity contribution in [3.63, 3.8) is 0 Å². The second-order valence-corrected chi connectivity index (χ2v) is 3.58. The monoisotopic (exact) mass is 265 g/mol. The third-order valence-electron chi connectivity index (χ3n) is 2.20. The second-order valence-electron chi connectivity index (χ2n) is 3.58. The van der Waals surface area contributed by atoms with Gasteiger partial charge in [-0.15, -0.1) is 0 Å². The van der Waals surface area contributed by atoms with Gasteiger partial charge in [-0.2, -0.15) is 0 Å². The van der Waals surface area contributed by atoms with Crippen molar-refractivity contribution in [3.8, 4) is 11.6 Å². The summed E-state index contributed by atoms with van der Waals surface area (Å²) in [4.78, 5) is 3.85. The summed E-state index contributed by atoms with van der Waals surface area (Å²) in [5.41, 5.74) is 5.77. The van der Waals surface area contributed by atoms with Crippen LogP contribution in [0.5, 0.6) is 11.6 Å². The predicted molar refractivity (Wildman–Crippen MR) is 63.2 cm³/mol. The summed E-state index contributed by atoms with van der Waals surface area (Å²) >= 11 is 0. The van der Waals surface area contributed by atoms with Gasteiger partial charge in [-0.3, -0.25) is 0 Å². The van der Waals surface area contributed by atoms with E-state index in [0.29, 0.717) is 5.56 Å². The molecule has 0 radical (unpaired) electrons. The van der Waals surface area contributed by atoms with Gasteiger partial charge in [0.25, 0.3) is 0 Å². The first-order chi connectivity index (χ1) is 9.08. The maximum Gasteiger partial charge on any atom is 0.219 e. The summed E-state index contributed by atoms with van der Waals surface area (Å²) < 4.78 is 31.2. The molecular formula is C12H9F2N3O2. The highest BCUT2D eigenvalue weighted by molar-refractivity contribution is 5.97. The molecule has 0 aliphatic carbocycles. The van der Waals surface area contributed by atoms with Crippen LogP contribution in [0, 0.1) is 11.6 Å². The van der Waals surface area contributed by atoms with Crippen LogP contribution in [0.15, 0.2) is 41.7 Å². The fraction of sp³-hybridized carbons (Fsp3) is 0. The molecule has 1 heterocycles. The van der Waals surface area contributed by atoms with E-state index in [-0.39, 0.29) is 17.5 Å². The molecule has 5 nitrogen and oxygen atoms in total. The van der Waals surface area contributed by atoms with Crippen molar-refractivity contribution < 1.29 is 18.7 Å². The molecule has 0 aliphatic heterocycles. The van der Waals surface area contributed by atoms with E-state index in [1.165, 1.54) is 18.3 Å². The van der Waals surface area contributed by atoms with Crippen LogP contribution in [0.25, 0.3) is 0 Å². The number of ether oxygens (including phenoxy) is 1. The average molecular weight is 265 g/mol. The first-order valence-corrected chi connectivity index (χ1v) is 5.16. The number of amidine groups is 1. The minimum absolute atomic E-state index is 0.0401. The van der Waals surface area contributed by atoms with E-state index in [4.69, 9.17) is 15.7 Å². The van der Waals surface area contributed by atoms with Crippen LogP contribution in [0.4, 0.5) is 8.78 Å². The highest BCUT2D eigenvalue weighted by Crippen LogP contribution is 2.22. The zero-order valence-corrected chi connectivity index (χ0v) is 9.55. The van der Waals surface area contributed by atoms with Gasteiger partial charge in [0, 0.05) is 36.0 Å². The Morgan fingerprint density at radius 1 is 1.21 bits per heavy atom. The normalized spacial score (nSPS) is 11.4. The second kappa shape index (κ2) is 5.30. The molecule has 1 aromatic heterocycles. The minimum atomic E-state index is -0.761. The fourth-order valence-electron chi connectivity index (χ4n) is 1.39. The molecule has 0 amide bonds. The Morgan fingerprint density at radius 3 is 2.53 bits per heavy atom. The van der Waals surface area contributed by atoms with E-state index in [2.05, 4.69) is 10.1 Å². The lowest BCUT2D eigenvalue weighted by atomic mass is 10.2. The molecule has 0 bridgehead atoms. The molecule has 3 N–H and O–H groups in total. The Bertz CT molecular complexity index is 612. The summed E-state index contributed by atoms with van der Waals surface area (Å²) in [5.74, 6) is -1.63. The van der Waals surface area contributed by atoms with Crippen LogP contribution in [0.2, 0.25) is 0 Å². The van der Waals surface area contributed by atoms with Crippen LogP contribution in [0.1, 0.15) is 5.56 Å². The lowest BCUT2D eigenvalue weighted by Crippen LogP contribution is -2.13. The molecule has 0 fully saturated rings. The molecule has 0 unspecified atom stereocenters. The van der Waals surface area contributed by atoms with Crippen molar-refractivity contribution in [2.24, 2.45) is 10.9 Å². The molecule has 0 saturated carbocycles. The number of oxime groups is 1. The van der Waals surface area contributed by atoms with Gasteiger partial charge in [0.15, 0.2) is 5.84 Å². The number of pyridine rings is 1. The van der Waals surface area contributed by atoms with E-state index in [1.807, 2.05) is 0 Å². The van der Waals surface area contributed by atoms with Crippen molar-refractivity contribution in [1.82, 2.24) is 4.98 Å². The van der Waals surface area contributed by atoms with E-state index < -0.39 is 11.6 Å².